The highest BCUT2D eigenvalue weighted by Crippen LogP contribution is 2.27. The fraction of sp³-hybridized carbons (Fsp3) is 0.933. The van der Waals surface area contributed by atoms with Gasteiger partial charge in [-0.25, -0.2) is 0 Å². The lowest BCUT2D eigenvalue weighted by Gasteiger charge is -2.33. The molecule has 1 saturated heterocycles. The summed E-state index contributed by atoms with van der Waals surface area (Å²) in [6.45, 7) is 5.39. The average Bonchev–Trinajstić information content (AvgIpc) is 2.84. The van der Waals surface area contributed by atoms with E-state index in [2.05, 4.69) is 17.1 Å². The van der Waals surface area contributed by atoms with E-state index in [1.54, 1.807) is 0 Å². The highest BCUT2D eigenvalue weighted by atomic mass is 16.2. The standard InChI is InChI=1S/C15H29N3O/c1-13-7-2-5-11-18(13)12-6-10-17-14(19)15(16)8-3-4-9-15/h13H,2-12,16H2,1H3,(H,17,19). The summed E-state index contributed by atoms with van der Waals surface area (Å²) in [4.78, 5) is 14.6. The van der Waals surface area contributed by atoms with Crippen LogP contribution in [0.4, 0.5) is 0 Å². The Labute approximate surface area is 117 Å². The third-order valence-corrected chi connectivity index (χ3v) is 4.80. The zero-order chi connectivity index (χ0) is 13.7. The molecule has 1 amide bonds. The van der Waals surface area contributed by atoms with Crippen molar-refractivity contribution in [2.75, 3.05) is 19.6 Å². The molecule has 19 heavy (non-hydrogen) atoms. The molecule has 1 heterocycles. The van der Waals surface area contributed by atoms with Crippen LogP contribution in [-0.4, -0.2) is 42.0 Å². The quantitative estimate of drug-likeness (QED) is 0.745. The molecule has 1 aliphatic carbocycles. The maximum Gasteiger partial charge on any atom is 0.240 e. The molecule has 4 nitrogen and oxygen atoms in total. The molecule has 0 aromatic carbocycles. The van der Waals surface area contributed by atoms with E-state index >= 15 is 0 Å². The van der Waals surface area contributed by atoms with Crippen molar-refractivity contribution in [1.82, 2.24) is 10.2 Å². The number of hydrogen-bond donors (Lipinski definition) is 2. The number of amides is 1. The summed E-state index contributed by atoms with van der Waals surface area (Å²) in [7, 11) is 0. The normalized spacial score (nSPS) is 27.4. The molecule has 1 aliphatic heterocycles. The van der Waals surface area contributed by atoms with Gasteiger partial charge in [0, 0.05) is 19.1 Å². The Balaban J connectivity index is 1.62. The molecule has 1 saturated carbocycles. The predicted octanol–water partition coefficient (Wildman–Crippen LogP) is 1.64. The minimum absolute atomic E-state index is 0.0664. The minimum Gasteiger partial charge on any atom is -0.354 e. The van der Waals surface area contributed by atoms with E-state index in [4.69, 9.17) is 5.73 Å². The summed E-state index contributed by atoms with van der Waals surface area (Å²) >= 11 is 0. The third-order valence-electron chi connectivity index (χ3n) is 4.80. The van der Waals surface area contributed by atoms with Gasteiger partial charge < -0.3 is 16.0 Å². The van der Waals surface area contributed by atoms with E-state index in [-0.39, 0.29) is 5.91 Å². The summed E-state index contributed by atoms with van der Waals surface area (Å²) in [6.07, 6.45) is 8.92. The smallest absolute Gasteiger partial charge is 0.240 e. The molecule has 1 atom stereocenters. The van der Waals surface area contributed by atoms with Gasteiger partial charge in [0.15, 0.2) is 0 Å². The zero-order valence-electron chi connectivity index (χ0n) is 12.3. The molecule has 4 heteroatoms. The van der Waals surface area contributed by atoms with Crippen LogP contribution in [0.5, 0.6) is 0 Å². The number of nitrogens with zero attached hydrogens (tertiary/aromatic N) is 1. The van der Waals surface area contributed by atoms with Gasteiger partial charge in [-0.05, 0) is 45.6 Å². The molecule has 0 radical (unpaired) electrons. The van der Waals surface area contributed by atoms with Crippen molar-refractivity contribution in [3.05, 3.63) is 0 Å². The molecule has 110 valence electrons. The van der Waals surface area contributed by atoms with Gasteiger partial charge in [0.25, 0.3) is 0 Å². The van der Waals surface area contributed by atoms with Crippen LogP contribution in [0.15, 0.2) is 0 Å². The summed E-state index contributed by atoms with van der Waals surface area (Å²) < 4.78 is 0. The first kappa shape index (κ1) is 14.8. The van der Waals surface area contributed by atoms with Crippen LogP contribution in [-0.2, 0) is 4.79 Å². The molecule has 0 aromatic heterocycles. The molecule has 0 spiro atoms. The van der Waals surface area contributed by atoms with E-state index in [1.165, 1.54) is 25.8 Å². The Kier molecular flexibility index (Phi) is 5.22. The Hall–Kier alpha value is -0.610. The van der Waals surface area contributed by atoms with Crippen molar-refractivity contribution in [2.45, 2.75) is 69.9 Å². The first-order chi connectivity index (χ1) is 9.12. The van der Waals surface area contributed by atoms with E-state index in [1.807, 2.05) is 0 Å². The summed E-state index contributed by atoms with van der Waals surface area (Å²) in [5.74, 6) is 0.0664. The second kappa shape index (κ2) is 6.71. The van der Waals surface area contributed by atoms with Crippen molar-refractivity contribution in [2.24, 2.45) is 5.73 Å². The zero-order valence-corrected chi connectivity index (χ0v) is 12.3. The highest BCUT2D eigenvalue weighted by molar-refractivity contribution is 5.86. The van der Waals surface area contributed by atoms with Crippen LogP contribution < -0.4 is 11.1 Å². The summed E-state index contributed by atoms with van der Waals surface area (Å²) in [6, 6.07) is 0.708. The van der Waals surface area contributed by atoms with Crippen LogP contribution in [0.1, 0.15) is 58.3 Å². The minimum atomic E-state index is -0.571. The lowest BCUT2D eigenvalue weighted by atomic mass is 9.98. The molecular weight excluding hydrogens is 238 g/mol. The van der Waals surface area contributed by atoms with Gasteiger partial charge in [-0.3, -0.25) is 4.79 Å². The Morgan fingerprint density at radius 2 is 2.05 bits per heavy atom. The van der Waals surface area contributed by atoms with Crippen LogP contribution in [0.3, 0.4) is 0 Å². The van der Waals surface area contributed by atoms with Crippen molar-refractivity contribution in [3.8, 4) is 0 Å². The third kappa shape index (κ3) is 3.93. The fourth-order valence-corrected chi connectivity index (χ4v) is 3.38. The fourth-order valence-electron chi connectivity index (χ4n) is 3.38. The largest absolute Gasteiger partial charge is 0.354 e. The lowest BCUT2D eigenvalue weighted by molar-refractivity contribution is -0.126. The van der Waals surface area contributed by atoms with Crippen LogP contribution in [0.2, 0.25) is 0 Å². The molecule has 0 aromatic rings. The number of rotatable bonds is 5. The van der Waals surface area contributed by atoms with Crippen LogP contribution >= 0.6 is 0 Å². The number of carbonyl (C=O) groups is 1. The van der Waals surface area contributed by atoms with Crippen molar-refractivity contribution in [1.29, 1.82) is 0 Å². The maximum atomic E-state index is 12.0. The monoisotopic (exact) mass is 267 g/mol. The SMILES string of the molecule is CC1CCCCN1CCCNC(=O)C1(N)CCCC1. The second-order valence-corrected chi connectivity index (χ2v) is 6.35. The van der Waals surface area contributed by atoms with Gasteiger partial charge >= 0.3 is 0 Å². The number of hydrogen-bond acceptors (Lipinski definition) is 3. The number of nitrogens with two attached hydrogens (primary N) is 1. The van der Waals surface area contributed by atoms with Crippen molar-refractivity contribution < 1.29 is 4.79 Å². The van der Waals surface area contributed by atoms with E-state index < -0.39 is 5.54 Å². The van der Waals surface area contributed by atoms with Gasteiger partial charge in [-0.1, -0.05) is 19.3 Å². The lowest BCUT2D eigenvalue weighted by Crippen LogP contribution is -2.52. The number of likely N-dealkylation sites (tertiary alicyclic amines) is 1. The van der Waals surface area contributed by atoms with E-state index in [0.29, 0.717) is 6.04 Å². The molecule has 2 rings (SSSR count). The first-order valence-electron chi connectivity index (χ1n) is 7.93. The maximum absolute atomic E-state index is 12.0. The average molecular weight is 267 g/mol. The number of nitrogens with one attached hydrogen (secondary N) is 1. The number of carbonyl (C=O) groups excluding carboxylic acids is 1. The predicted molar refractivity (Wildman–Crippen MR) is 77.9 cm³/mol. The van der Waals surface area contributed by atoms with Gasteiger partial charge in [-0.15, -0.1) is 0 Å². The molecule has 1 unspecified atom stereocenters. The topological polar surface area (TPSA) is 58.4 Å². The van der Waals surface area contributed by atoms with Crippen molar-refractivity contribution >= 4 is 5.91 Å². The molecule has 2 aliphatic rings. The van der Waals surface area contributed by atoms with E-state index in [0.717, 1.165) is 45.2 Å². The molecule has 3 N–H and O–H groups in total. The van der Waals surface area contributed by atoms with Crippen LogP contribution in [0, 0.1) is 0 Å². The van der Waals surface area contributed by atoms with Crippen molar-refractivity contribution in [3.63, 3.8) is 0 Å². The Bertz CT molecular complexity index is 300. The Morgan fingerprint density at radius 3 is 2.74 bits per heavy atom. The van der Waals surface area contributed by atoms with Gasteiger partial charge in [0.2, 0.25) is 5.91 Å². The van der Waals surface area contributed by atoms with E-state index in [9.17, 15) is 4.79 Å². The van der Waals surface area contributed by atoms with Gasteiger partial charge in [0.1, 0.15) is 0 Å². The summed E-state index contributed by atoms with van der Waals surface area (Å²) in [5, 5.41) is 3.03. The van der Waals surface area contributed by atoms with Gasteiger partial charge in [0.05, 0.1) is 5.54 Å². The van der Waals surface area contributed by atoms with Crippen LogP contribution in [0.25, 0.3) is 0 Å². The molecule has 2 fully saturated rings. The first-order valence-corrected chi connectivity index (χ1v) is 7.93. The second-order valence-electron chi connectivity index (χ2n) is 6.35. The van der Waals surface area contributed by atoms with Gasteiger partial charge in [-0.2, -0.15) is 0 Å². The summed E-state index contributed by atoms with van der Waals surface area (Å²) in [5.41, 5.74) is 5.56. The Morgan fingerprint density at radius 1 is 1.32 bits per heavy atom. The molecule has 0 bridgehead atoms. The number of piperidine rings is 1. The highest BCUT2D eigenvalue weighted by Gasteiger charge is 2.36. The molecular formula is C15H29N3O.